The molecule has 0 saturated carbocycles. The van der Waals surface area contributed by atoms with Crippen LogP contribution in [0.3, 0.4) is 0 Å². The minimum absolute atomic E-state index is 0.636. The van der Waals surface area contributed by atoms with Crippen molar-refractivity contribution < 1.29 is 0 Å². The highest BCUT2D eigenvalue weighted by Gasteiger charge is 1.99. The van der Waals surface area contributed by atoms with Crippen LogP contribution in [0.1, 0.15) is 5.69 Å². The summed E-state index contributed by atoms with van der Waals surface area (Å²) in [5.74, 6) is 0. The van der Waals surface area contributed by atoms with Crippen molar-refractivity contribution in [1.29, 1.82) is 0 Å². The molecule has 1 aromatic carbocycles. The number of benzene rings is 1. The van der Waals surface area contributed by atoms with Gasteiger partial charge in [0.25, 0.3) is 0 Å². The zero-order valence-corrected chi connectivity index (χ0v) is 10.4. The van der Waals surface area contributed by atoms with Gasteiger partial charge in [-0.15, -0.1) is 0 Å². The van der Waals surface area contributed by atoms with Gasteiger partial charge < -0.3 is 5.73 Å². The largest absolute Gasteiger partial charge is 0.330 e. The molecule has 0 saturated heterocycles. The molecule has 1 heterocycles. The second kappa shape index (κ2) is 5.23. The topological polar surface area (TPSA) is 38.9 Å². The van der Waals surface area contributed by atoms with Crippen LogP contribution in [0.15, 0.2) is 47.1 Å². The van der Waals surface area contributed by atoms with Gasteiger partial charge in [-0.25, -0.2) is 0 Å². The molecule has 0 unspecified atom stereocenters. The fourth-order valence-electron chi connectivity index (χ4n) is 1.58. The quantitative estimate of drug-likeness (QED) is 0.936. The summed E-state index contributed by atoms with van der Waals surface area (Å²) < 4.78 is 1.09. The number of hydrogen-bond acceptors (Lipinski definition) is 2. The van der Waals surface area contributed by atoms with E-state index < -0.39 is 0 Å². The number of halogens is 1. The van der Waals surface area contributed by atoms with Crippen LogP contribution >= 0.6 is 15.9 Å². The van der Waals surface area contributed by atoms with Crippen molar-refractivity contribution in [3.8, 4) is 11.1 Å². The fraction of sp³-hybridized carbons (Fsp3) is 0.154. The number of rotatable bonds is 3. The number of aromatic nitrogens is 1. The van der Waals surface area contributed by atoms with Gasteiger partial charge in [0.2, 0.25) is 0 Å². The van der Waals surface area contributed by atoms with E-state index in [2.05, 4.69) is 39.1 Å². The summed E-state index contributed by atoms with van der Waals surface area (Å²) in [4.78, 5) is 4.28. The van der Waals surface area contributed by atoms with Crippen molar-refractivity contribution in [3.05, 3.63) is 52.8 Å². The maximum atomic E-state index is 5.52. The first-order valence-electron chi connectivity index (χ1n) is 5.20. The van der Waals surface area contributed by atoms with Crippen LogP contribution < -0.4 is 5.73 Å². The van der Waals surface area contributed by atoms with Gasteiger partial charge in [0.15, 0.2) is 0 Å². The lowest BCUT2D eigenvalue weighted by atomic mass is 10.1. The molecular formula is C13H13BrN2. The third kappa shape index (κ3) is 2.68. The molecule has 0 spiro atoms. The van der Waals surface area contributed by atoms with E-state index in [0.717, 1.165) is 16.6 Å². The van der Waals surface area contributed by atoms with Gasteiger partial charge in [-0.1, -0.05) is 28.1 Å². The number of pyridine rings is 1. The summed E-state index contributed by atoms with van der Waals surface area (Å²) in [6.07, 6.45) is 2.66. The summed E-state index contributed by atoms with van der Waals surface area (Å²) >= 11 is 3.43. The lowest BCUT2D eigenvalue weighted by Crippen LogP contribution is -2.04. The van der Waals surface area contributed by atoms with E-state index in [0.29, 0.717) is 6.54 Å². The Bertz CT molecular complexity index is 466. The van der Waals surface area contributed by atoms with E-state index in [9.17, 15) is 0 Å². The van der Waals surface area contributed by atoms with Crippen LogP contribution in [0.5, 0.6) is 0 Å². The minimum atomic E-state index is 0.636. The lowest BCUT2D eigenvalue weighted by Gasteiger charge is -2.04. The Morgan fingerprint density at radius 3 is 2.50 bits per heavy atom. The predicted molar refractivity (Wildman–Crippen MR) is 70.1 cm³/mol. The van der Waals surface area contributed by atoms with Gasteiger partial charge in [-0.05, 0) is 41.9 Å². The third-order valence-electron chi connectivity index (χ3n) is 2.39. The van der Waals surface area contributed by atoms with Crippen LogP contribution in [0, 0.1) is 0 Å². The molecule has 0 radical (unpaired) electrons. The van der Waals surface area contributed by atoms with E-state index in [1.54, 1.807) is 0 Å². The van der Waals surface area contributed by atoms with Crippen LogP contribution in [-0.4, -0.2) is 11.5 Å². The molecule has 2 nitrogen and oxygen atoms in total. The highest BCUT2D eigenvalue weighted by molar-refractivity contribution is 9.10. The van der Waals surface area contributed by atoms with Gasteiger partial charge in [0.1, 0.15) is 0 Å². The smallest absolute Gasteiger partial charge is 0.0422 e. The Kier molecular flexibility index (Phi) is 3.70. The normalized spacial score (nSPS) is 10.4. The van der Waals surface area contributed by atoms with Crippen molar-refractivity contribution in [2.24, 2.45) is 5.73 Å². The molecule has 0 aliphatic carbocycles. The fourth-order valence-corrected chi connectivity index (χ4v) is 1.85. The molecule has 0 bridgehead atoms. The highest BCUT2D eigenvalue weighted by atomic mass is 79.9. The monoisotopic (exact) mass is 276 g/mol. The van der Waals surface area contributed by atoms with E-state index in [1.165, 1.54) is 11.1 Å². The maximum Gasteiger partial charge on any atom is 0.0422 e. The Labute approximate surface area is 104 Å². The van der Waals surface area contributed by atoms with E-state index >= 15 is 0 Å². The number of hydrogen-bond donors (Lipinski definition) is 1. The molecule has 0 aliphatic rings. The first-order chi connectivity index (χ1) is 7.79. The van der Waals surface area contributed by atoms with Crippen molar-refractivity contribution in [1.82, 2.24) is 4.98 Å². The molecule has 3 heteroatoms. The van der Waals surface area contributed by atoms with E-state index in [-0.39, 0.29) is 0 Å². The molecule has 0 fully saturated rings. The van der Waals surface area contributed by atoms with Gasteiger partial charge in [0, 0.05) is 22.8 Å². The van der Waals surface area contributed by atoms with Gasteiger partial charge in [0.05, 0.1) is 0 Å². The van der Waals surface area contributed by atoms with Crippen LogP contribution in [0.25, 0.3) is 11.1 Å². The van der Waals surface area contributed by atoms with Crippen molar-refractivity contribution in [2.75, 3.05) is 6.54 Å². The minimum Gasteiger partial charge on any atom is -0.330 e. The average Bonchev–Trinajstić information content (AvgIpc) is 2.31. The Morgan fingerprint density at radius 1 is 1.06 bits per heavy atom. The lowest BCUT2D eigenvalue weighted by molar-refractivity contribution is 0.924. The number of nitrogens with zero attached hydrogens (tertiary/aromatic N) is 1. The summed E-state index contributed by atoms with van der Waals surface area (Å²) in [5, 5.41) is 0. The molecular weight excluding hydrogens is 264 g/mol. The summed E-state index contributed by atoms with van der Waals surface area (Å²) in [6.45, 7) is 0.636. The zero-order chi connectivity index (χ0) is 11.4. The predicted octanol–water partition coefficient (Wildman–Crippen LogP) is 3.01. The molecule has 16 heavy (non-hydrogen) atoms. The molecule has 0 atom stereocenters. The standard InChI is InChI=1S/C13H13BrN2/c14-12-3-1-10(2-4-12)11-6-8-16-13(9-11)5-7-15/h1-4,6,8-9H,5,7,15H2. The van der Waals surface area contributed by atoms with Gasteiger partial charge in [-0.3, -0.25) is 4.98 Å². The molecule has 2 rings (SSSR count). The van der Waals surface area contributed by atoms with Gasteiger partial charge >= 0.3 is 0 Å². The van der Waals surface area contributed by atoms with E-state index in [4.69, 9.17) is 5.73 Å². The molecule has 1 aromatic heterocycles. The first-order valence-corrected chi connectivity index (χ1v) is 6.00. The Morgan fingerprint density at radius 2 is 1.81 bits per heavy atom. The Hall–Kier alpha value is -1.19. The molecule has 0 aliphatic heterocycles. The van der Waals surface area contributed by atoms with Crippen LogP contribution in [-0.2, 0) is 6.42 Å². The van der Waals surface area contributed by atoms with Crippen LogP contribution in [0.2, 0.25) is 0 Å². The Balaban J connectivity index is 2.32. The average molecular weight is 277 g/mol. The van der Waals surface area contributed by atoms with Crippen LogP contribution in [0.4, 0.5) is 0 Å². The maximum absolute atomic E-state index is 5.52. The summed E-state index contributed by atoms with van der Waals surface area (Å²) in [7, 11) is 0. The first kappa shape index (κ1) is 11.3. The second-order valence-electron chi connectivity index (χ2n) is 3.58. The van der Waals surface area contributed by atoms with Crippen molar-refractivity contribution in [3.63, 3.8) is 0 Å². The highest BCUT2D eigenvalue weighted by Crippen LogP contribution is 2.21. The third-order valence-corrected chi connectivity index (χ3v) is 2.92. The summed E-state index contributed by atoms with van der Waals surface area (Å²) in [6, 6.07) is 12.4. The van der Waals surface area contributed by atoms with Gasteiger partial charge in [-0.2, -0.15) is 0 Å². The van der Waals surface area contributed by atoms with Crippen molar-refractivity contribution >= 4 is 15.9 Å². The molecule has 2 aromatic rings. The molecule has 82 valence electrons. The number of nitrogens with two attached hydrogens (primary N) is 1. The molecule has 0 amide bonds. The SMILES string of the molecule is NCCc1cc(-c2ccc(Br)cc2)ccn1. The summed E-state index contributed by atoms with van der Waals surface area (Å²) in [5.41, 5.74) is 8.95. The second-order valence-corrected chi connectivity index (χ2v) is 4.50. The molecule has 2 N–H and O–H groups in total. The van der Waals surface area contributed by atoms with Crippen molar-refractivity contribution in [2.45, 2.75) is 6.42 Å². The zero-order valence-electron chi connectivity index (χ0n) is 8.86. The van der Waals surface area contributed by atoms with E-state index in [1.807, 2.05) is 24.4 Å².